The molecular formula is C22H17BrN2O. The molecule has 3 aromatic rings. The number of aromatic nitrogens is 1. The van der Waals surface area contributed by atoms with Crippen LogP contribution in [0, 0.1) is 0 Å². The Morgan fingerprint density at radius 1 is 1.04 bits per heavy atom. The molecule has 2 aliphatic rings. The van der Waals surface area contributed by atoms with Crippen LogP contribution in [0.15, 0.2) is 70.5 Å². The second-order valence-electron chi connectivity index (χ2n) is 6.88. The minimum Gasteiger partial charge on any atom is -0.358 e. The number of anilines is 1. The predicted molar refractivity (Wildman–Crippen MR) is 107 cm³/mol. The first kappa shape index (κ1) is 15.8. The maximum absolute atomic E-state index is 12.9. The molecule has 3 nitrogen and oxygen atoms in total. The molecule has 0 bridgehead atoms. The van der Waals surface area contributed by atoms with Crippen molar-refractivity contribution >= 4 is 38.3 Å². The van der Waals surface area contributed by atoms with Crippen LogP contribution in [-0.4, -0.2) is 10.8 Å². The lowest BCUT2D eigenvalue weighted by atomic mass is 9.74. The highest BCUT2D eigenvalue weighted by Gasteiger charge is 2.36. The number of hydrogen-bond acceptors (Lipinski definition) is 3. The third-order valence-electron chi connectivity index (χ3n) is 5.35. The molecule has 0 fully saturated rings. The minimum atomic E-state index is -0.0463. The SMILES string of the molecule is O=C1CCCC2=C1[C@@H](c1ccc(Br)cc1)c1c(ccc3ncccc13)N2. The second kappa shape index (κ2) is 6.06. The number of benzene rings is 2. The molecule has 128 valence electrons. The number of Topliss-reactive ketones (excluding diaryl/α,β-unsaturated/α-hetero) is 1. The van der Waals surface area contributed by atoms with Crippen LogP contribution in [0.5, 0.6) is 0 Å². The molecule has 4 heteroatoms. The van der Waals surface area contributed by atoms with Gasteiger partial charge in [0.15, 0.2) is 5.78 Å². The molecule has 1 aromatic heterocycles. The number of halogens is 1. The zero-order chi connectivity index (χ0) is 17.7. The van der Waals surface area contributed by atoms with Gasteiger partial charge in [0, 0.05) is 45.4 Å². The van der Waals surface area contributed by atoms with Crippen LogP contribution in [0.1, 0.15) is 36.3 Å². The number of pyridine rings is 1. The highest BCUT2D eigenvalue weighted by Crippen LogP contribution is 2.47. The van der Waals surface area contributed by atoms with Crippen molar-refractivity contribution in [1.82, 2.24) is 4.98 Å². The molecule has 1 N–H and O–H groups in total. The van der Waals surface area contributed by atoms with Gasteiger partial charge in [0.25, 0.3) is 0 Å². The monoisotopic (exact) mass is 404 g/mol. The molecular weight excluding hydrogens is 388 g/mol. The molecule has 0 saturated heterocycles. The van der Waals surface area contributed by atoms with Crippen molar-refractivity contribution in [2.24, 2.45) is 0 Å². The standard InChI is InChI=1S/C22H17BrN2O/c23-14-8-6-13(7-9-14)20-21-15-3-2-12-24-16(15)10-11-18(21)25-17-4-1-5-19(26)22(17)20/h2-3,6-12,20,25H,1,4-5H2/t20-/m0/s1. The Hall–Kier alpha value is -2.46. The van der Waals surface area contributed by atoms with Crippen LogP contribution >= 0.6 is 15.9 Å². The van der Waals surface area contributed by atoms with Crippen molar-refractivity contribution in [3.8, 4) is 0 Å². The van der Waals surface area contributed by atoms with Crippen molar-refractivity contribution in [2.75, 3.05) is 5.32 Å². The third kappa shape index (κ3) is 2.40. The molecule has 26 heavy (non-hydrogen) atoms. The summed E-state index contributed by atoms with van der Waals surface area (Å²) < 4.78 is 1.04. The van der Waals surface area contributed by atoms with Crippen molar-refractivity contribution < 1.29 is 4.79 Å². The van der Waals surface area contributed by atoms with Gasteiger partial charge in [-0.2, -0.15) is 0 Å². The second-order valence-corrected chi connectivity index (χ2v) is 7.79. The number of nitrogens with one attached hydrogen (secondary N) is 1. The minimum absolute atomic E-state index is 0.0463. The maximum Gasteiger partial charge on any atom is 0.161 e. The zero-order valence-corrected chi connectivity index (χ0v) is 15.7. The van der Waals surface area contributed by atoms with Gasteiger partial charge in [-0.15, -0.1) is 0 Å². The van der Waals surface area contributed by atoms with Gasteiger partial charge in [-0.05, 0) is 54.3 Å². The van der Waals surface area contributed by atoms with Gasteiger partial charge in [0.05, 0.1) is 5.52 Å². The fourth-order valence-corrected chi connectivity index (χ4v) is 4.48. The van der Waals surface area contributed by atoms with Crippen molar-refractivity contribution in [2.45, 2.75) is 25.2 Å². The molecule has 2 aromatic carbocycles. The number of fused-ring (bicyclic) bond motifs is 3. The van der Waals surface area contributed by atoms with Gasteiger partial charge in [0.1, 0.15) is 0 Å². The van der Waals surface area contributed by atoms with E-state index in [-0.39, 0.29) is 11.7 Å². The average Bonchev–Trinajstić information content (AvgIpc) is 2.67. The summed E-state index contributed by atoms with van der Waals surface area (Å²) in [5, 5.41) is 4.66. The molecule has 0 unspecified atom stereocenters. The highest BCUT2D eigenvalue weighted by atomic mass is 79.9. The number of carbonyl (C=O) groups excluding carboxylic acids is 1. The first-order valence-electron chi connectivity index (χ1n) is 8.89. The van der Waals surface area contributed by atoms with E-state index in [9.17, 15) is 4.79 Å². The van der Waals surface area contributed by atoms with Crippen LogP contribution in [0.25, 0.3) is 10.9 Å². The van der Waals surface area contributed by atoms with E-state index in [0.717, 1.165) is 56.3 Å². The van der Waals surface area contributed by atoms with Crippen LogP contribution in [-0.2, 0) is 4.79 Å². The lowest BCUT2D eigenvalue weighted by Crippen LogP contribution is -2.27. The third-order valence-corrected chi connectivity index (χ3v) is 5.88. The summed E-state index contributed by atoms with van der Waals surface area (Å²) in [4.78, 5) is 17.4. The quantitative estimate of drug-likeness (QED) is 0.576. The summed E-state index contributed by atoms with van der Waals surface area (Å²) in [7, 11) is 0. The Bertz CT molecular complexity index is 1070. The molecule has 0 amide bonds. The van der Waals surface area contributed by atoms with Crippen molar-refractivity contribution in [1.29, 1.82) is 0 Å². The summed E-state index contributed by atoms with van der Waals surface area (Å²) in [5.41, 5.74) is 6.38. The van der Waals surface area contributed by atoms with E-state index in [1.54, 1.807) is 0 Å². The fourth-order valence-electron chi connectivity index (χ4n) is 4.22. The number of nitrogens with zero attached hydrogens (tertiary/aromatic N) is 1. The van der Waals surface area contributed by atoms with Gasteiger partial charge >= 0.3 is 0 Å². The van der Waals surface area contributed by atoms with E-state index in [2.05, 4.69) is 56.6 Å². The lowest BCUT2D eigenvalue weighted by molar-refractivity contribution is -0.116. The highest BCUT2D eigenvalue weighted by molar-refractivity contribution is 9.10. The van der Waals surface area contributed by atoms with Gasteiger partial charge in [0.2, 0.25) is 0 Å². The fraction of sp³-hybridized carbons (Fsp3) is 0.182. The van der Waals surface area contributed by atoms with Crippen LogP contribution in [0.2, 0.25) is 0 Å². The molecule has 5 rings (SSSR count). The Kier molecular flexibility index (Phi) is 3.68. The van der Waals surface area contributed by atoms with Gasteiger partial charge in [-0.25, -0.2) is 0 Å². The molecule has 0 saturated carbocycles. The summed E-state index contributed by atoms with van der Waals surface area (Å²) in [6, 6.07) is 16.6. The van der Waals surface area contributed by atoms with Crippen LogP contribution in [0.3, 0.4) is 0 Å². The maximum atomic E-state index is 12.9. The number of allylic oxidation sites excluding steroid dienone is 2. The lowest BCUT2D eigenvalue weighted by Gasteiger charge is -2.34. The molecule has 1 aliphatic carbocycles. The Labute approximate surface area is 160 Å². The summed E-state index contributed by atoms with van der Waals surface area (Å²) >= 11 is 3.52. The van der Waals surface area contributed by atoms with Crippen LogP contribution in [0.4, 0.5) is 5.69 Å². The summed E-state index contributed by atoms with van der Waals surface area (Å²) in [6.07, 6.45) is 4.29. The number of rotatable bonds is 1. The molecule has 1 atom stereocenters. The summed E-state index contributed by atoms with van der Waals surface area (Å²) in [5.74, 6) is 0.216. The Morgan fingerprint density at radius 2 is 1.88 bits per heavy atom. The van der Waals surface area contributed by atoms with Gasteiger partial charge < -0.3 is 5.32 Å². The summed E-state index contributed by atoms with van der Waals surface area (Å²) in [6.45, 7) is 0. The molecule has 0 spiro atoms. The zero-order valence-electron chi connectivity index (χ0n) is 14.1. The normalized spacial score (nSPS) is 19.1. The largest absolute Gasteiger partial charge is 0.358 e. The van der Waals surface area contributed by atoms with E-state index in [1.165, 1.54) is 0 Å². The van der Waals surface area contributed by atoms with Crippen molar-refractivity contribution in [3.05, 3.63) is 81.6 Å². The number of hydrogen-bond donors (Lipinski definition) is 1. The number of ketones is 1. The molecule has 2 heterocycles. The Morgan fingerprint density at radius 3 is 2.73 bits per heavy atom. The topological polar surface area (TPSA) is 42.0 Å². The first-order chi connectivity index (χ1) is 12.7. The number of carbonyl (C=O) groups is 1. The van der Waals surface area contributed by atoms with E-state index in [0.29, 0.717) is 6.42 Å². The average molecular weight is 405 g/mol. The van der Waals surface area contributed by atoms with Crippen LogP contribution < -0.4 is 5.32 Å². The van der Waals surface area contributed by atoms with Gasteiger partial charge in [-0.1, -0.05) is 34.1 Å². The molecule has 1 aliphatic heterocycles. The molecule has 0 radical (unpaired) electrons. The van der Waals surface area contributed by atoms with E-state index in [1.807, 2.05) is 24.4 Å². The van der Waals surface area contributed by atoms with Gasteiger partial charge in [-0.3, -0.25) is 9.78 Å². The van der Waals surface area contributed by atoms with E-state index in [4.69, 9.17) is 0 Å². The van der Waals surface area contributed by atoms with Crippen molar-refractivity contribution in [3.63, 3.8) is 0 Å². The predicted octanol–water partition coefficient (Wildman–Crippen LogP) is 5.56. The van der Waals surface area contributed by atoms with E-state index < -0.39 is 0 Å². The van der Waals surface area contributed by atoms with E-state index >= 15 is 0 Å². The Balaban J connectivity index is 1.83. The smallest absolute Gasteiger partial charge is 0.161 e. The first-order valence-corrected chi connectivity index (χ1v) is 9.68.